The number of nitrogens with one attached hydrogen (secondary N) is 3. The summed E-state index contributed by atoms with van der Waals surface area (Å²) < 4.78 is 1.76. The predicted molar refractivity (Wildman–Crippen MR) is 139 cm³/mol. The minimum Gasteiger partial charge on any atom is -0.366 e. The fraction of sp³-hybridized carbons (Fsp3) is 0.462. The van der Waals surface area contributed by atoms with E-state index in [0.29, 0.717) is 37.2 Å². The molecule has 5 rings (SSSR count). The first-order chi connectivity index (χ1) is 17.5. The van der Waals surface area contributed by atoms with Crippen LogP contribution in [0, 0.1) is 0 Å². The van der Waals surface area contributed by atoms with E-state index in [-0.39, 0.29) is 11.8 Å². The molecule has 190 valence electrons. The molecule has 0 atom stereocenters. The highest BCUT2D eigenvalue weighted by atomic mass is 16.2. The summed E-state index contributed by atoms with van der Waals surface area (Å²) in [7, 11) is 0. The van der Waals surface area contributed by atoms with E-state index in [2.05, 4.69) is 26.0 Å². The molecule has 1 saturated heterocycles. The zero-order valence-electron chi connectivity index (χ0n) is 20.4. The van der Waals surface area contributed by atoms with Crippen LogP contribution in [-0.2, 0) is 4.79 Å². The number of fused-ring (bicyclic) bond motifs is 1. The van der Waals surface area contributed by atoms with Crippen molar-refractivity contribution < 1.29 is 9.59 Å². The van der Waals surface area contributed by atoms with Gasteiger partial charge in [-0.3, -0.25) is 9.59 Å². The number of amides is 2. The maximum absolute atomic E-state index is 12.5. The Morgan fingerprint density at radius 1 is 1.14 bits per heavy atom. The number of carbonyl (C=O) groups excluding carboxylic acids is 2. The summed E-state index contributed by atoms with van der Waals surface area (Å²) in [6.45, 7) is 2.07. The number of nitrogens with zero attached hydrogens (tertiary/aromatic N) is 4. The van der Waals surface area contributed by atoms with Gasteiger partial charge in [-0.1, -0.05) is 0 Å². The minimum atomic E-state index is -0.118. The number of aromatic nitrogens is 3. The molecule has 2 fully saturated rings. The van der Waals surface area contributed by atoms with Crippen molar-refractivity contribution in [3.05, 3.63) is 48.3 Å². The van der Waals surface area contributed by atoms with Gasteiger partial charge in [0, 0.05) is 67.8 Å². The molecule has 0 unspecified atom stereocenters. The zero-order chi connectivity index (χ0) is 24.9. The third-order valence-electron chi connectivity index (χ3n) is 6.97. The van der Waals surface area contributed by atoms with Gasteiger partial charge in [0.2, 0.25) is 5.91 Å². The molecule has 2 aromatic heterocycles. The molecule has 1 aromatic carbocycles. The summed E-state index contributed by atoms with van der Waals surface area (Å²) in [6, 6.07) is 10.0. The molecule has 1 aliphatic carbocycles. The molecule has 0 radical (unpaired) electrons. The van der Waals surface area contributed by atoms with E-state index in [0.717, 1.165) is 67.9 Å². The van der Waals surface area contributed by atoms with E-state index >= 15 is 0 Å². The topological polar surface area (TPSA) is 130 Å². The number of hydrogen-bond donors (Lipinski definition) is 4. The minimum absolute atomic E-state index is 0.118. The van der Waals surface area contributed by atoms with Gasteiger partial charge >= 0.3 is 0 Å². The maximum atomic E-state index is 12.5. The van der Waals surface area contributed by atoms with Gasteiger partial charge in [0.05, 0.1) is 5.69 Å². The van der Waals surface area contributed by atoms with E-state index < -0.39 is 0 Å². The van der Waals surface area contributed by atoms with E-state index in [1.165, 1.54) is 0 Å². The van der Waals surface area contributed by atoms with Crippen LogP contribution < -0.4 is 21.7 Å². The van der Waals surface area contributed by atoms with Gasteiger partial charge < -0.3 is 26.6 Å². The first kappa shape index (κ1) is 24.1. The molecule has 0 bridgehead atoms. The molecule has 5 N–H and O–H groups in total. The van der Waals surface area contributed by atoms with Crippen LogP contribution in [0.5, 0.6) is 0 Å². The summed E-state index contributed by atoms with van der Waals surface area (Å²) in [5, 5.41) is 14.6. The number of rotatable bonds is 9. The van der Waals surface area contributed by atoms with Crippen molar-refractivity contribution in [1.82, 2.24) is 24.8 Å². The first-order valence-electron chi connectivity index (χ1n) is 12.8. The van der Waals surface area contributed by atoms with Crippen molar-refractivity contribution in [1.29, 1.82) is 0 Å². The second-order valence-electron chi connectivity index (χ2n) is 9.69. The zero-order valence-corrected chi connectivity index (χ0v) is 20.4. The first-order valence-corrected chi connectivity index (χ1v) is 12.8. The average Bonchev–Trinajstić information content (AvgIpc) is 3.52. The number of imidazole rings is 1. The van der Waals surface area contributed by atoms with Gasteiger partial charge in [0.25, 0.3) is 5.91 Å². The lowest BCUT2D eigenvalue weighted by Gasteiger charge is -2.27. The molecule has 2 amide bonds. The van der Waals surface area contributed by atoms with Gasteiger partial charge in [-0.25, -0.2) is 9.50 Å². The van der Waals surface area contributed by atoms with E-state index in [1.54, 1.807) is 22.8 Å². The summed E-state index contributed by atoms with van der Waals surface area (Å²) in [4.78, 5) is 30.5. The van der Waals surface area contributed by atoms with Crippen LogP contribution in [0.15, 0.2) is 42.7 Å². The summed E-state index contributed by atoms with van der Waals surface area (Å²) in [6.07, 6.45) is 10.0. The number of carbonyl (C=O) groups is 2. The molecular weight excluding hydrogens is 456 g/mol. The molecule has 10 heteroatoms. The van der Waals surface area contributed by atoms with Crippen molar-refractivity contribution in [2.45, 2.75) is 57.0 Å². The van der Waals surface area contributed by atoms with Crippen LogP contribution in [-0.4, -0.2) is 63.0 Å². The van der Waals surface area contributed by atoms with Crippen LogP contribution in [0.25, 0.3) is 5.65 Å². The Labute approximate surface area is 210 Å². The summed E-state index contributed by atoms with van der Waals surface area (Å²) >= 11 is 0. The monoisotopic (exact) mass is 490 g/mol. The molecule has 36 heavy (non-hydrogen) atoms. The number of hydrogen-bond acceptors (Lipinski definition) is 7. The average molecular weight is 491 g/mol. The van der Waals surface area contributed by atoms with Gasteiger partial charge in [0.15, 0.2) is 5.65 Å². The van der Waals surface area contributed by atoms with Crippen LogP contribution in [0.4, 0.5) is 17.2 Å². The highest BCUT2D eigenvalue weighted by Gasteiger charge is 2.20. The standard InChI is InChI=1S/C26H34N8O2/c27-19-6-10-21(11-7-19)31-23-17-22(25-28-13-16-34(25)32-23)30-20-8-4-18(5-9-20)26(36)29-12-2-15-33-14-1-3-24(33)35/h4-5,8-9,13,16-17,19,21,30H,1-3,6-7,10-12,14-15,27H2,(H,29,36)(H,31,32). The van der Waals surface area contributed by atoms with E-state index in [9.17, 15) is 9.59 Å². The molecule has 10 nitrogen and oxygen atoms in total. The van der Waals surface area contributed by atoms with E-state index in [4.69, 9.17) is 5.73 Å². The Kier molecular flexibility index (Phi) is 7.31. The fourth-order valence-corrected chi connectivity index (χ4v) is 4.93. The van der Waals surface area contributed by atoms with Crippen LogP contribution >= 0.6 is 0 Å². The van der Waals surface area contributed by atoms with Gasteiger partial charge in [-0.2, -0.15) is 0 Å². The summed E-state index contributed by atoms with van der Waals surface area (Å²) in [5.74, 6) is 0.885. The Morgan fingerprint density at radius 3 is 2.69 bits per heavy atom. The maximum Gasteiger partial charge on any atom is 0.251 e. The number of nitrogens with two attached hydrogens (primary N) is 1. The van der Waals surface area contributed by atoms with Crippen molar-refractivity contribution in [3.8, 4) is 0 Å². The lowest BCUT2D eigenvalue weighted by molar-refractivity contribution is -0.127. The number of benzene rings is 1. The fourth-order valence-electron chi connectivity index (χ4n) is 4.93. The molecule has 2 aliphatic rings. The Hall–Kier alpha value is -3.66. The molecule has 0 spiro atoms. The molecule has 3 aromatic rings. The third kappa shape index (κ3) is 5.76. The number of likely N-dealkylation sites (tertiary alicyclic amines) is 1. The van der Waals surface area contributed by atoms with Crippen LogP contribution in [0.2, 0.25) is 0 Å². The molecular formula is C26H34N8O2. The Morgan fingerprint density at radius 2 is 1.94 bits per heavy atom. The predicted octanol–water partition coefficient (Wildman–Crippen LogP) is 2.90. The SMILES string of the molecule is NC1CCC(Nc2cc(Nc3ccc(C(=O)NCCCN4CCCC4=O)cc3)c3nccn3n2)CC1. The molecule has 1 aliphatic heterocycles. The second-order valence-corrected chi connectivity index (χ2v) is 9.69. The Bertz CT molecular complexity index is 1200. The normalized spacial score (nSPS) is 20.0. The molecule has 3 heterocycles. The smallest absolute Gasteiger partial charge is 0.251 e. The largest absolute Gasteiger partial charge is 0.366 e. The van der Waals surface area contributed by atoms with Crippen LogP contribution in [0.3, 0.4) is 0 Å². The lowest BCUT2D eigenvalue weighted by atomic mass is 9.92. The highest BCUT2D eigenvalue weighted by Crippen LogP contribution is 2.26. The van der Waals surface area contributed by atoms with Crippen molar-refractivity contribution in [2.75, 3.05) is 30.3 Å². The van der Waals surface area contributed by atoms with Crippen molar-refractivity contribution in [3.63, 3.8) is 0 Å². The number of anilines is 3. The van der Waals surface area contributed by atoms with Crippen molar-refractivity contribution >= 4 is 34.7 Å². The van der Waals surface area contributed by atoms with Crippen molar-refractivity contribution in [2.24, 2.45) is 5.73 Å². The highest BCUT2D eigenvalue weighted by molar-refractivity contribution is 5.94. The van der Waals surface area contributed by atoms with Gasteiger partial charge in [-0.15, -0.1) is 5.10 Å². The molecule has 1 saturated carbocycles. The third-order valence-corrected chi connectivity index (χ3v) is 6.97. The Balaban J connectivity index is 1.18. The lowest BCUT2D eigenvalue weighted by Crippen LogP contribution is -2.33. The quantitative estimate of drug-likeness (QED) is 0.339. The second kappa shape index (κ2) is 10.9. The summed E-state index contributed by atoms with van der Waals surface area (Å²) in [5.41, 5.74) is 9.05. The van der Waals surface area contributed by atoms with Gasteiger partial charge in [-0.05, 0) is 62.8 Å². The van der Waals surface area contributed by atoms with Gasteiger partial charge in [0.1, 0.15) is 5.82 Å². The van der Waals surface area contributed by atoms with Crippen LogP contribution in [0.1, 0.15) is 55.3 Å². The van der Waals surface area contributed by atoms with E-state index in [1.807, 2.05) is 29.3 Å².